The lowest BCUT2D eigenvalue weighted by atomic mass is 9.90. The number of rotatable bonds is 9. The maximum Gasteiger partial charge on any atom is 0.263 e. The van der Waals surface area contributed by atoms with Crippen LogP contribution in [0.3, 0.4) is 0 Å². The summed E-state index contributed by atoms with van der Waals surface area (Å²) in [4.78, 5) is 30.6. The van der Waals surface area contributed by atoms with Gasteiger partial charge in [-0.1, -0.05) is 35.6 Å². The summed E-state index contributed by atoms with van der Waals surface area (Å²) in [5.41, 5.74) is 3.60. The predicted octanol–water partition coefficient (Wildman–Crippen LogP) is 4.99. The minimum atomic E-state index is -0.207. The molecule has 0 spiro atoms. The molecule has 2 aromatic carbocycles. The molecule has 2 amide bonds. The zero-order valence-electron chi connectivity index (χ0n) is 20.0. The van der Waals surface area contributed by atoms with Gasteiger partial charge in [-0.05, 0) is 61.1 Å². The van der Waals surface area contributed by atoms with E-state index in [1.165, 1.54) is 37.2 Å². The van der Waals surface area contributed by atoms with Crippen molar-refractivity contribution < 1.29 is 14.3 Å². The molecule has 0 unspecified atom stereocenters. The van der Waals surface area contributed by atoms with Crippen molar-refractivity contribution in [3.63, 3.8) is 0 Å². The molecule has 0 bridgehead atoms. The highest BCUT2D eigenvalue weighted by molar-refractivity contribution is 7.17. The van der Waals surface area contributed by atoms with E-state index in [1.54, 1.807) is 0 Å². The Labute approximate surface area is 209 Å². The second-order valence-electron chi connectivity index (χ2n) is 9.42. The van der Waals surface area contributed by atoms with E-state index in [9.17, 15) is 9.59 Å². The first-order valence-electron chi connectivity index (χ1n) is 12.1. The fourth-order valence-corrected chi connectivity index (χ4v) is 4.91. The molecule has 35 heavy (non-hydrogen) atoms. The van der Waals surface area contributed by atoms with Gasteiger partial charge in [-0.25, -0.2) is 4.98 Å². The van der Waals surface area contributed by atoms with Crippen LogP contribution in [0.25, 0.3) is 0 Å². The van der Waals surface area contributed by atoms with Gasteiger partial charge in [0.05, 0.1) is 18.8 Å². The molecule has 1 aliphatic carbocycles. The van der Waals surface area contributed by atoms with Crippen LogP contribution in [0.2, 0.25) is 0 Å². The highest BCUT2D eigenvalue weighted by atomic mass is 32.1. The van der Waals surface area contributed by atoms with E-state index < -0.39 is 0 Å². The van der Waals surface area contributed by atoms with Gasteiger partial charge in [0.2, 0.25) is 5.91 Å². The van der Waals surface area contributed by atoms with E-state index in [1.807, 2.05) is 6.92 Å². The van der Waals surface area contributed by atoms with Gasteiger partial charge >= 0.3 is 0 Å². The van der Waals surface area contributed by atoms with Gasteiger partial charge < -0.3 is 20.3 Å². The van der Waals surface area contributed by atoms with E-state index >= 15 is 0 Å². The molecule has 1 saturated carbocycles. The summed E-state index contributed by atoms with van der Waals surface area (Å²) in [5.74, 6) is 1.82. The molecule has 2 aliphatic rings. The topological polar surface area (TPSA) is 83.6 Å². The minimum absolute atomic E-state index is 0.138. The molecule has 5 rings (SSSR count). The van der Waals surface area contributed by atoms with Crippen molar-refractivity contribution in [2.45, 2.75) is 38.6 Å². The lowest BCUT2D eigenvalue weighted by molar-refractivity contribution is -0.114. The van der Waals surface area contributed by atoms with Crippen LogP contribution in [0.5, 0.6) is 5.75 Å². The zero-order chi connectivity index (χ0) is 24.4. The molecule has 1 aromatic heterocycles. The molecule has 0 radical (unpaired) electrons. The predicted molar refractivity (Wildman–Crippen MR) is 138 cm³/mol. The summed E-state index contributed by atoms with van der Waals surface area (Å²) in [5, 5.41) is 6.03. The molecule has 3 aromatic rings. The first-order chi connectivity index (χ1) is 16.9. The number of hydrogen-bond acceptors (Lipinski definition) is 6. The molecule has 182 valence electrons. The number of thiazole rings is 1. The largest absolute Gasteiger partial charge is 0.493 e. The van der Waals surface area contributed by atoms with Gasteiger partial charge in [-0.15, -0.1) is 0 Å². The van der Waals surface area contributed by atoms with E-state index in [0.29, 0.717) is 15.9 Å². The Morgan fingerprint density at radius 2 is 1.83 bits per heavy atom. The maximum atomic E-state index is 12.6. The van der Waals surface area contributed by atoms with Crippen LogP contribution in [0.4, 0.5) is 10.8 Å². The van der Waals surface area contributed by atoms with Crippen LogP contribution in [-0.2, 0) is 4.79 Å². The molecule has 7 nitrogen and oxygen atoms in total. The molecule has 2 fully saturated rings. The van der Waals surface area contributed by atoms with Gasteiger partial charge in [0.1, 0.15) is 10.6 Å². The summed E-state index contributed by atoms with van der Waals surface area (Å²) in [6, 6.07) is 16.8. The average Bonchev–Trinajstić information content (AvgIpc) is 3.54. The highest BCUT2D eigenvalue weighted by Gasteiger charge is 2.28. The normalized spacial score (nSPS) is 16.3. The van der Waals surface area contributed by atoms with Crippen LogP contribution in [0.1, 0.15) is 59.4 Å². The number of anilines is 2. The summed E-state index contributed by atoms with van der Waals surface area (Å²) in [6.07, 6.45) is 4.09. The Morgan fingerprint density at radius 1 is 1.11 bits per heavy atom. The summed E-state index contributed by atoms with van der Waals surface area (Å²) in [6.45, 7) is 6.21. The van der Waals surface area contributed by atoms with E-state index in [2.05, 4.69) is 69.0 Å². The van der Waals surface area contributed by atoms with Gasteiger partial charge in [-0.3, -0.25) is 9.59 Å². The van der Waals surface area contributed by atoms with Gasteiger partial charge in [0.25, 0.3) is 5.91 Å². The van der Waals surface area contributed by atoms with E-state index in [4.69, 9.17) is 4.74 Å². The Hall–Kier alpha value is -3.39. The lowest BCUT2D eigenvalue weighted by Gasteiger charge is -2.41. The summed E-state index contributed by atoms with van der Waals surface area (Å²) < 4.78 is 5.84. The van der Waals surface area contributed by atoms with Gasteiger partial charge in [-0.2, -0.15) is 0 Å². The second-order valence-corrected chi connectivity index (χ2v) is 10.5. The maximum absolute atomic E-state index is 12.6. The third-order valence-corrected chi connectivity index (χ3v) is 7.45. The Morgan fingerprint density at radius 3 is 2.49 bits per heavy atom. The van der Waals surface area contributed by atoms with Crippen molar-refractivity contribution in [3.8, 4) is 5.75 Å². The summed E-state index contributed by atoms with van der Waals surface area (Å²) >= 11 is 1.16. The van der Waals surface area contributed by atoms with Crippen molar-refractivity contribution >= 4 is 34.0 Å². The highest BCUT2D eigenvalue weighted by Crippen LogP contribution is 2.34. The number of benzene rings is 2. The second kappa shape index (κ2) is 10.1. The van der Waals surface area contributed by atoms with Crippen LogP contribution in [-0.4, -0.2) is 36.5 Å². The first kappa shape index (κ1) is 23.4. The van der Waals surface area contributed by atoms with Crippen molar-refractivity contribution in [1.29, 1.82) is 0 Å². The summed E-state index contributed by atoms with van der Waals surface area (Å²) in [7, 11) is 0. The third-order valence-electron chi connectivity index (χ3n) is 6.53. The first-order valence-corrected chi connectivity index (χ1v) is 12.9. The number of nitrogens with one attached hydrogen (secondary N) is 2. The molecular weight excluding hydrogens is 460 g/mol. The molecule has 1 saturated heterocycles. The third kappa shape index (κ3) is 5.82. The monoisotopic (exact) mass is 490 g/mol. The van der Waals surface area contributed by atoms with Crippen LogP contribution >= 0.6 is 11.3 Å². The standard InChI is InChI=1S/C27H30N4O3S/c1-17(29-26(33)25-13-28-27(35-25)30-18(2)32)20-5-7-21(8-6-20)22-14-31(15-22)23-9-11-24(12-10-23)34-16-19-3-4-19/h5-13,17,19,22H,3-4,14-16H2,1-2H3,(H,29,33)(H,28,30,32)/t17-/m0/s1. The number of nitrogens with zero attached hydrogens (tertiary/aromatic N) is 2. The Balaban J connectivity index is 1.10. The van der Waals surface area contributed by atoms with Crippen molar-refractivity contribution in [2.24, 2.45) is 5.92 Å². The van der Waals surface area contributed by atoms with Crippen LogP contribution in [0, 0.1) is 5.92 Å². The lowest BCUT2D eigenvalue weighted by Crippen LogP contribution is -2.45. The molecule has 8 heteroatoms. The van der Waals surface area contributed by atoms with Gasteiger partial charge in [0, 0.05) is 31.6 Å². The van der Waals surface area contributed by atoms with Crippen molar-refractivity contribution in [2.75, 3.05) is 29.9 Å². The fraction of sp³-hybridized carbons (Fsp3) is 0.370. The fourth-order valence-electron chi connectivity index (χ4n) is 4.15. The SMILES string of the molecule is CC(=O)Nc1ncc(C(=O)N[C@@H](C)c2ccc(C3CN(c4ccc(OCC5CC5)cc4)C3)cc2)s1. The molecule has 1 atom stereocenters. The van der Waals surface area contributed by atoms with E-state index in [0.717, 1.165) is 48.3 Å². The van der Waals surface area contributed by atoms with Crippen molar-refractivity contribution in [3.05, 3.63) is 70.7 Å². The Kier molecular flexibility index (Phi) is 6.72. The Bertz CT molecular complexity index is 1180. The van der Waals surface area contributed by atoms with E-state index in [-0.39, 0.29) is 17.9 Å². The molecular formula is C27H30N4O3S. The smallest absolute Gasteiger partial charge is 0.263 e. The van der Waals surface area contributed by atoms with Gasteiger partial charge in [0.15, 0.2) is 5.13 Å². The number of carbonyl (C=O) groups is 2. The molecule has 1 aliphatic heterocycles. The number of hydrogen-bond donors (Lipinski definition) is 2. The minimum Gasteiger partial charge on any atom is -0.493 e. The average molecular weight is 491 g/mol. The zero-order valence-corrected chi connectivity index (χ0v) is 20.8. The molecule has 2 heterocycles. The number of amides is 2. The van der Waals surface area contributed by atoms with Crippen LogP contribution < -0.4 is 20.3 Å². The van der Waals surface area contributed by atoms with Crippen LogP contribution in [0.15, 0.2) is 54.7 Å². The van der Waals surface area contributed by atoms with Crippen molar-refractivity contribution in [1.82, 2.24) is 10.3 Å². The number of aromatic nitrogens is 1. The molecule has 2 N–H and O–H groups in total. The number of ether oxygens (including phenoxy) is 1. The quantitative estimate of drug-likeness (QED) is 0.442. The number of carbonyl (C=O) groups excluding carboxylic acids is 2.